The predicted molar refractivity (Wildman–Crippen MR) is 91.1 cm³/mol. The molecule has 0 fully saturated rings. The van der Waals surface area contributed by atoms with Crippen LogP contribution in [0.25, 0.3) is 0 Å². The fourth-order valence-electron chi connectivity index (χ4n) is 2.32. The first-order chi connectivity index (χ1) is 10.8. The fraction of sp³-hybridized carbons (Fsp3) is 0.556. The van der Waals surface area contributed by atoms with Crippen molar-refractivity contribution in [1.29, 1.82) is 0 Å². The van der Waals surface area contributed by atoms with E-state index in [1.54, 1.807) is 53.7 Å². The molecule has 6 heteroatoms. The smallest absolute Gasteiger partial charge is 0.411 e. The normalized spacial score (nSPS) is 13.2. The van der Waals surface area contributed by atoms with Gasteiger partial charge in [-0.1, -0.05) is 12.1 Å². The van der Waals surface area contributed by atoms with Crippen LogP contribution in [0.2, 0.25) is 0 Å². The lowest BCUT2D eigenvalue weighted by Gasteiger charge is -2.40. The molecule has 0 aromatic heterocycles. The number of carbonyl (C=O) groups excluding carboxylic acids is 1. The van der Waals surface area contributed by atoms with Crippen LogP contribution in [0.15, 0.2) is 24.3 Å². The summed E-state index contributed by atoms with van der Waals surface area (Å²) in [6.45, 7) is 10.5. The zero-order valence-electron chi connectivity index (χ0n) is 15.2. The number of rotatable bonds is 4. The van der Waals surface area contributed by atoms with Gasteiger partial charge in [-0.3, -0.25) is 4.90 Å². The van der Waals surface area contributed by atoms with Gasteiger partial charge in [-0.25, -0.2) is 9.59 Å². The standard InChI is InChI=1S/C18H27NO5/c1-17(2,3)19(16(23)24-18(4,5)6)14(15(21)22)11-12-7-9-13(20)10-8-12/h7-10,14,20H,11H2,1-6H3,(H,21,22)/t14-/m1/s1. The van der Waals surface area contributed by atoms with Gasteiger partial charge < -0.3 is 14.9 Å². The first-order valence-corrected chi connectivity index (χ1v) is 7.84. The summed E-state index contributed by atoms with van der Waals surface area (Å²) in [5.74, 6) is -1.01. The summed E-state index contributed by atoms with van der Waals surface area (Å²) < 4.78 is 5.40. The van der Waals surface area contributed by atoms with Crippen molar-refractivity contribution in [2.45, 2.75) is 65.1 Å². The van der Waals surface area contributed by atoms with E-state index in [-0.39, 0.29) is 12.2 Å². The molecule has 1 aromatic rings. The highest BCUT2D eigenvalue weighted by Gasteiger charge is 2.39. The predicted octanol–water partition coefficient (Wildman–Crippen LogP) is 3.42. The molecule has 0 spiro atoms. The Labute approximate surface area is 143 Å². The van der Waals surface area contributed by atoms with Gasteiger partial charge in [-0.15, -0.1) is 0 Å². The summed E-state index contributed by atoms with van der Waals surface area (Å²) in [7, 11) is 0. The summed E-state index contributed by atoms with van der Waals surface area (Å²) in [5, 5.41) is 19.0. The Kier molecular flexibility index (Phi) is 5.87. The molecule has 0 aliphatic carbocycles. The molecule has 1 atom stereocenters. The molecule has 24 heavy (non-hydrogen) atoms. The first-order valence-electron chi connectivity index (χ1n) is 7.84. The number of carboxylic acid groups (broad SMARTS) is 1. The Morgan fingerprint density at radius 3 is 1.96 bits per heavy atom. The third-order valence-electron chi connectivity index (χ3n) is 3.28. The highest BCUT2D eigenvalue weighted by atomic mass is 16.6. The number of nitrogens with zero attached hydrogens (tertiary/aromatic N) is 1. The number of aliphatic carboxylic acids is 1. The van der Waals surface area contributed by atoms with Crippen molar-refractivity contribution in [2.75, 3.05) is 0 Å². The van der Waals surface area contributed by atoms with Crippen molar-refractivity contribution >= 4 is 12.1 Å². The van der Waals surface area contributed by atoms with E-state index in [9.17, 15) is 19.8 Å². The highest BCUT2D eigenvalue weighted by Crippen LogP contribution is 2.24. The van der Waals surface area contributed by atoms with E-state index < -0.39 is 29.2 Å². The van der Waals surface area contributed by atoms with Crippen LogP contribution in [-0.4, -0.2) is 44.4 Å². The monoisotopic (exact) mass is 337 g/mol. The lowest BCUT2D eigenvalue weighted by Crippen LogP contribution is -2.56. The number of ether oxygens (including phenoxy) is 1. The molecule has 2 N–H and O–H groups in total. The number of carboxylic acids is 1. The Morgan fingerprint density at radius 1 is 1.08 bits per heavy atom. The minimum atomic E-state index is -1.11. The molecule has 134 valence electrons. The molecule has 0 aliphatic rings. The van der Waals surface area contributed by atoms with Gasteiger partial charge in [-0.2, -0.15) is 0 Å². The number of carbonyl (C=O) groups is 2. The van der Waals surface area contributed by atoms with E-state index in [2.05, 4.69) is 0 Å². The van der Waals surface area contributed by atoms with Gasteiger partial charge in [0.25, 0.3) is 0 Å². The number of phenolic OH excluding ortho intramolecular Hbond substituents is 1. The van der Waals surface area contributed by atoms with E-state index in [0.29, 0.717) is 5.56 Å². The van der Waals surface area contributed by atoms with Crippen molar-refractivity contribution in [3.05, 3.63) is 29.8 Å². The SMILES string of the molecule is CC(C)(C)OC(=O)N([C@H](Cc1ccc(O)cc1)C(=O)O)C(C)(C)C. The maximum Gasteiger partial charge on any atom is 0.411 e. The van der Waals surface area contributed by atoms with Crippen LogP contribution in [-0.2, 0) is 16.0 Å². The third kappa shape index (κ3) is 5.76. The lowest BCUT2D eigenvalue weighted by atomic mass is 9.98. The molecule has 0 radical (unpaired) electrons. The van der Waals surface area contributed by atoms with Crippen molar-refractivity contribution in [3.63, 3.8) is 0 Å². The summed E-state index contributed by atoms with van der Waals surface area (Å²) in [6, 6.07) is 5.18. The van der Waals surface area contributed by atoms with E-state index in [4.69, 9.17) is 4.74 Å². The second-order valence-electron chi connectivity index (χ2n) is 7.75. The first kappa shape index (κ1) is 19.8. The van der Waals surface area contributed by atoms with Gasteiger partial charge in [0.15, 0.2) is 0 Å². The molecular formula is C18H27NO5. The molecular weight excluding hydrogens is 310 g/mol. The zero-order chi connectivity index (χ0) is 18.7. The van der Waals surface area contributed by atoms with Crippen molar-refractivity contribution in [2.24, 2.45) is 0 Å². The number of aromatic hydroxyl groups is 1. The molecule has 6 nitrogen and oxygen atoms in total. The van der Waals surface area contributed by atoms with Crippen LogP contribution in [0, 0.1) is 0 Å². The average molecular weight is 337 g/mol. The van der Waals surface area contributed by atoms with E-state index in [1.807, 2.05) is 0 Å². The molecule has 0 bridgehead atoms. The van der Waals surface area contributed by atoms with Crippen LogP contribution < -0.4 is 0 Å². The maximum atomic E-state index is 12.6. The van der Waals surface area contributed by atoms with E-state index >= 15 is 0 Å². The molecule has 0 heterocycles. The summed E-state index contributed by atoms with van der Waals surface area (Å²) >= 11 is 0. The summed E-state index contributed by atoms with van der Waals surface area (Å²) in [6.07, 6.45) is -0.548. The highest BCUT2D eigenvalue weighted by molar-refractivity contribution is 5.81. The van der Waals surface area contributed by atoms with Crippen molar-refractivity contribution in [3.8, 4) is 5.75 Å². The molecule has 0 unspecified atom stereocenters. The van der Waals surface area contributed by atoms with Gasteiger partial charge in [0.2, 0.25) is 0 Å². The van der Waals surface area contributed by atoms with Crippen LogP contribution in [0.3, 0.4) is 0 Å². The number of amides is 1. The van der Waals surface area contributed by atoms with Gasteiger partial charge in [-0.05, 0) is 59.2 Å². The van der Waals surface area contributed by atoms with Gasteiger partial charge >= 0.3 is 12.1 Å². The van der Waals surface area contributed by atoms with Gasteiger partial charge in [0, 0.05) is 12.0 Å². The van der Waals surface area contributed by atoms with Gasteiger partial charge in [0.05, 0.1) is 0 Å². The minimum Gasteiger partial charge on any atom is -0.508 e. The number of hydrogen-bond donors (Lipinski definition) is 2. The topological polar surface area (TPSA) is 87.1 Å². The Hall–Kier alpha value is -2.24. The minimum absolute atomic E-state index is 0.102. The van der Waals surface area contributed by atoms with Crippen molar-refractivity contribution < 1.29 is 24.5 Å². The van der Waals surface area contributed by atoms with Gasteiger partial charge in [0.1, 0.15) is 17.4 Å². The van der Waals surface area contributed by atoms with E-state index in [1.165, 1.54) is 17.0 Å². The summed E-state index contributed by atoms with van der Waals surface area (Å²) in [4.78, 5) is 25.7. The number of phenols is 1. The van der Waals surface area contributed by atoms with Crippen LogP contribution >= 0.6 is 0 Å². The second kappa shape index (κ2) is 7.11. The lowest BCUT2D eigenvalue weighted by molar-refractivity contribution is -0.145. The fourth-order valence-corrected chi connectivity index (χ4v) is 2.32. The molecule has 0 saturated heterocycles. The van der Waals surface area contributed by atoms with Crippen LogP contribution in [0.4, 0.5) is 4.79 Å². The Morgan fingerprint density at radius 2 is 1.58 bits per heavy atom. The Bertz CT molecular complexity index is 581. The van der Waals surface area contributed by atoms with Crippen molar-refractivity contribution in [1.82, 2.24) is 4.90 Å². The number of hydrogen-bond acceptors (Lipinski definition) is 4. The quantitative estimate of drug-likeness (QED) is 0.879. The second-order valence-corrected chi connectivity index (χ2v) is 7.75. The molecule has 0 saturated carbocycles. The summed E-state index contributed by atoms with van der Waals surface area (Å²) in [5.41, 5.74) is -0.747. The number of benzene rings is 1. The average Bonchev–Trinajstić information content (AvgIpc) is 2.36. The maximum absolute atomic E-state index is 12.6. The van der Waals surface area contributed by atoms with Crippen LogP contribution in [0.1, 0.15) is 47.1 Å². The molecule has 1 amide bonds. The molecule has 1 rings (SSSR count). The largest absolute Gasteiger partial charge is 0.508 e. The van der Waals surface area contributed by atoms with Crippen LogP contribution in [0.5, 0.6) is 5.75 Å². The Balaban J connectivity index is 3.16. The van der Waals surface area contributed by atoms with E-state index in [0.717, 1.165) is 0 Å². The zero-order valence-corrected chi connectivity index (χ0v) is 15.2. The molecule has 1 aromatic carbocycles. The molecule has 0 aliphatic heterocycles. The third-order valence-corrected chi connectivity index (χ3v) is 3.28.